The average Bonchev–Trinajstić information content (AvgIpc) is 3.08. The van der Waals surface area contributed by atoms with Crippen molar-refractivity contribution in [3.8, 4) is 11.5 Å². The molecule has 0 radical (unpaired) electrons. The highest BCUT2D eigenvalue weighted by Gasteiger charge is 2.13. The van der Waals surface area contributed by atoms with Gasteiger partial charge in [0.2, 0.25) is 11.8 Å². The third-order valence-corrected chi connectivity index (χ3v) is 4.61. The Kier molecular flexibility index (Phi) is 5.57. The molecular formula is C16H12Cl2N4O2S. The number of carbonyl (C=O) groups excluding carboxylic acids is 1. The Hall–Kier alpha value is -2.09. The SMILES string of the molecule is Cc1nc(NC(=O)CSc2nnc(-c3ccccc3)o2)c(Cl)cc1Cl. The predicted octanol–water partition coefficient (Wildman–Crippen LogP) is 4.48. The summed E-state index contributed by atoms with van der Waals surface area (Å²) in [5.74, 6) is 0.461. The second-order valence-electron chi connectivity index (χ2n) is 4.96. The molecular weight excluding hydrogens is 383 g/mol. The van der Waals surface area contributed by atoms with Gasteiger partial charge in [0.05, 0.1) is 21.5 Å². The molecule has 0 aliphatic carbocycles. The second kappa shape index (κ2) is 7.86. The maximum atomic E-state index is 12.1. The van der Waals surface area contributed by atoms with Gasteiger partial charge in [0, 0.05) is 5.56 Å². The molecule has 0 unspecified atom stereocenters. The number of thioether (sulfide) groups is 1. The molecule has 1 amide bonds. The molecule has 2 heterocycles. The van der Waals surface area contributed by atoms with Gasteiger partial charge in [0.1, 0.15) is 0 Å². The lowest BCUT2D eigenvalue weighted by atomic mass is 10.2. The van der Waals surface area contributed by atoms with Crippen LogP contribution in [0.4, 0.5) is 5.82 Å². The van der Waals surface area contributed by atoms with Crippen LogP contribution in [0.25, 0.3) is 11.5 Å². The summed E-state index contributed by atoms with van der Waals surface area (Å²) in [7, 11) is 0. The molecule has 2 aromatic heterocycles. The standard InChI is InChI=1S/C16H12Cl2N4O2S/c1-9-11(17)7-12(18)14(19-9)20-13(23)8-25-16-22-21-15(24-16)10-5-3-2-4-6-10/h2-7H,8H2,1H3,(H,19,20,23). The van der Waals surface area contributed by atoms with E-state index in [1.165, 1.54) is 0 Å². The van der Waals surface area contributed by atoms with Gasteiger partial charge in [0.15, 0.2) is 5.82 Å². The van der Waals surface area contributed by atoms with Gasteiger partial charge in [-0.25, -0.2) is 4.98 Å². The molecule has 0 spiro atoms. The molecule has 1 aromatic carbocycles. The number of rotatable bonds is 5. The van der Waals surface area contributed by atoms with Gasteiger partial charge in [0.25, 0.3) is 5.22 Å². The van der Waals surface area contributed by atoms with Gasteiger partial charge in [-0.15, -0.1) is 10.2 Å². The number of hydrogen-bond donors (Lipinski definition) is 1. The zero-order chi connectivity index (χ0) is 17.8. The number of carbonyl (C=O) groups is 1. The lowest BCUT2D eigenvalue weighted by Gasteiger charge is -2.07. The minimum atomic E-state index is -0.291. The van der Waals surface area contributed by atoms with Crippen molar-refractivity contribution < 1.29 is 9.21 Å². The van der Waals surface area contributed by atoms with Gasteiger partial charge in [-0.3, -0.25) is 4.79 Å². The predicted molar refractivity (Wildman–Crippen MR) is 98.1 cm³/mol. The summed E-state index contributed by atoms with van der Waals surface area (Å²) >= 11 is 13.1. The van der Waals surface area contributed by atoms with Crippen LogP contribution in [0.1, 0.15) is 5.69 Å². The van der Waals surface area contributed by atoms with Crippen LogP contribution in [-0.2, 0) is 4.79 Å². The van der Waals surface area contributed by atoms with Crippen LogP contribution in [0.15, 0.2) is 46.0 Å². The third kappa shape index (κ3) is 4.50. The van der Waals surface area contributed by atoms with Crippen molar-refractivity contribution in [1.29, 1.82) is 0 Å². The number of pyridine rings is 1. The number of aryl methyl sites for hydroxylation is 1. The molecule has 0 saturated carbocycles. The van der Waals surface area contributed by atoms with Crippen molar-refractivity contribution in [3.63, 3.8) is 0 Å². The van der Waals surface area contributed by atoms with Crippen LogP contribution in [-0.4, -0.2) is 26.8 Å². The summed E-state index contributed by atoms with van der Waals surface area (Å²) in [5.41, 5.74) is 1.40. The molecule has 9 heteroatoms. The smallest absolute Gasteiger partial charge is 0.277 e. The van der Waals surface area contributed by atoms with Gasteiger partial charge in [-0.2, -0.15) is 0 Å². The molecule has 0 bridgehead atoms. The van der Waals surface area contributed by atoms with Crippen LogP contribution in [0, 0.1) is 6.92 Å². The van der Waals surface area contributed by atoms with Gasteiger partial charge in [-0.1, -0.05) is 53.2 Å². The monoisotopic (exact) mass is 394 g/mol. The van der Waals surface area contributed by atoms with E-state index in [-0.39, 0.29) is 22.5 Å². The highest BCUT2D eigenvalue weighted by molar-refractivity contribution is 7.99. The number of halogens is 2. The molecule has 0 aliphatic rings. The minimum absolute atomic E-state index is 0.0795. The van der Waals surface area contributed by atoms with Crippen molar-refractivity contribution >= 4 is 46.7 Å². The zero-order valence-electron chi connectivity index (χ0n) is 13.0. The Balaban J connectivity index is 1.60. The van der Waals surface area contributed by atoms with Crippen molar-refractivity contribution in [2.24, 2.45) is 0 Å². The summed E-state index contributed by atoms with van der Waals surface area (Å²) in [5, 5.41) is 11.5. The highest BCUT2D eigenvalue weighted by atomic mass is 35.5. The topological polar surface area (TPSA) is 80.9 Å². The first-order valence-corrected chi connectivity index (χ1v) is 8.91. The quantitative estimate of drug-likeness (QED) is 0.642. The largest absolute Gasteiger partial charge is 0.411 e. The number of amides is 1. The van der Waals surface area contributed by atoms with Crippen molar-refractivity contribution in [2.45, 2.75) is 12.1 Å². The van der Waals surface area contributed by atoms with E-state index in [9.17, 15) is 4.79 Å². The Morgan fingerprint density at radius 3 is 2.72 bits per heavy atom. The molecule has 128 valence electrons. The van der Waals surface area contributed by atoms with E-state index in [0.29, 0.717) is 21.8 Å². The molecule has 3 rings (SSSR count). The second-order valence-corrected chi connectivity index (χ2v) is 6.70. The first kappa shape index (κ1) is 17.7. The van der Waals surface area contributed by atoms with Crippen LogP contribution in [0.2, 0.25) is 10.0 Å². The lowest BCUT2D eigenvalue weighted by Crippen LogP contribution is -2.15. The van der Waals surface area contributed by atoms with Gasteiger partial charge >= 0.3 is 0 Å². The van der Waals surface area contributed by atoms with Gasteiger partial charge < -0.3 is 9.73 Å². The molecule has 0 saturated heterocycles. The molecule has 0 aliphatic heterocycles. The van der Waals surface area contributed by atoms with Crippen molar-refractivity contribution in [3.05, 3.63) is 52.1 Å². The maximum absolute atomic E-state index is 12.1. The normalized spacial score (nSPS) is 10.7. The number of anilines is 1. The van der Waals surface area contributed by atoms with E-state index < -0.39 is 0 Å². The Labute approximate surface area is 158 Å². The summed E-state index contributed by atoms with van der Waals surface area (Å²) in [6.07, 6.45) is 0. The van der Waals surface area contributed by atoms with Crippen LogP contribution >= 0.6 is 35.0 Å². The summed E-state index contributed by atoms with van der Waals surface area (Å²) in [6, 6.07) is 10.9. The fourth-order valence-corrected chi connectivity index (χ4v) is 2.88. The zero-order valence-corrected chi connectivity index (χ0v) is 15.3. The first-order chi connectivity index (χ1) is 12.0. The summed E-state index contributed by atoms with van der Waals surface area (Å²) in [6.45, 7) is 1.73. The number of nitrogens with zero attached hydrogens (tertiary/aromatic N) is 3. The van der Waals surface area contributed by atoms with Crippen molar-refractivity contribution in [2.75, 3.05) is 11.1 Å². The average molecular weight is 395 g/mol. The molecule has 6 nitrogen and oxygen atoms in total. The lowest BCUT2D eigenvalue weighted by molar-refractivity contribution is -0.113. The molecule has 0 fully saturated rings. The molecule has 1 N–H and O–H groups in total. The van der Waals surface area contributed by atoms with E-state index >= 15 is 0 Å². The number of hydrogen-bond acceptors (Lipinski definition) is 6. The van der Waals surface area contributed by atoms with Crippen LogP contribution in [0.3, 0.4) is 0 Å². The van der Waals surface area contributed by atoms with Gasteiger partial charge in [-0.05, 0) is 25.1 Å². The van der Waals surface area contributed by atoms with E-state index in [1.54, 1.807) is 13.0 Å². The number of aromatic nitrogens is 3. The van der Waals surface area contributed by atoms with E-state index in [0.717, 1.165) is 17.3 Å². The number of nitrogens with one attached hydrogen (secondary N) is 1. The van der Waals surface area contributed by atoms with Crippen LogP contribution in [0.5, 0.6) is 0 Å². The fourth-order valence-electron chi connectivity index (χ4n) is 1.91. The Morgan fingerprint density at radius 2 is 1.96 bits per heavy atom. The molecule has 25 heavy (non-hydrogen) atoms. The summed E-state index contributed by atoms with van der Waals surface area (Å²) < 4.78 is 5.53. The Morgan fingerprint density at radius 1 is 1.20 bits per heavy atom. The van der Waals surface area contributed by atoms with Crippen molar-refractivity contribution in [1.82, 2.24) is 15.2 Å². The fraction of sp³-hybridized carbons (Fsp3) is 0.125. The molecule has 0 atom stereocenters. The number of benzene rings is 1. The Bertz CT molecular complexity index is 902. The summed E-state index contributed by atoms with van der Waals surface area (Å²) in [4.78, 5) is 16.2. The minimum Gasteiger partial charge on any atom is -0.411 e. The molecule has 3 aromatic rings. The van der Waals surface area contributed by atoms with E-state index in [1.807, 2.05) is 30.3 Å². The maximum Gasteiger partial charge on any atom is 0.277 e. The highest BCUT2D eigenvalue weighted by Crippen LogP contribution is 2.26. The third-order valence-electron chi connectivity index (χ3n) is 3.12. The van der Waals surface area contributed by atoms with E-state index in [2.05, 4.69) is 20.5 Å². The first-order valence-electron chi connectivity index (χ1n) is 7.17. The van der Waals surface area contributed by atoms with E-state index in [4.69, 9.17) is 27.6 Å². The van der Waals surface area contributed by atoms with Crippen LogP contribution < -0.4 is 5.32 Å².